The maximum atomic E-state index is 8.55. The van der Waals surface area contributed by atoms with Crippen molar-refractivity contribution in [3.05, 3.63) is 0 Å². The summed E-state index contributed by atoms with van der Waals surface area (Å²) in [7, 11) is 0. The SMILES string of the molecule is CCNC(C)CCCCSCCO. The minimum atomic E-state index is 0.318. The first-order chi connectivity index (χ1) is 6.31. The predicted octanol–water partition coefficient (Wildman–Crippen LogP) is 1.88. The zero-order valence-corrected chi connectivity index (χ0v) is 9.70. The van der Waals surface area contributed by atoms with Crippen LogP contribution in [0.3, 0.4) is 0 Å². The zero-order chi connectivity index (χ0) is 9.94. The van der Waals surface area contributed by atoms with Gasteiger partial charge in [0, 0.05) is 11.8 Å². The van der Waals surface area contributed by atoms with Crippen molar-refractivity contribution in [3.63, 3.8) is 0 Å². The second-order valence-corrected chi connectivity index (χ2v) is 4.52. The molecule has 0 fully saturated rings. The second kappa shape index (κ2) is 10.4. The first kappa shape index (κ1) is 13.3. The molecule has 1 atom stereocenters. The maximum Gasteiger partial charge on any atom is 0.0521 e. The highest BCUT2D eigenvalue weighted by atomic mass is 32.2. The standard InChI is InChI=1S/C10H23NOS/c1-3-11-10(2)6-4-5-8-13-9-7-12/h10-12H,3-9H2,1-2H3. The van der Waals surface area contributed by atoms with Crippen molar-refractivity contribution in [1.82, 2.24) is 5.32 Å². The fourth-order valence-electron chi connectivity index (χ4n) is 1.27. The van der Waals surface area contributed by atoms with Gasteiger partial charge >= 0.3 is 0 Å². The molecule has 0 radical (unpaired) electrons. The van der Waals surface area contributed by atoms with E-state index in [9.17, 15) is 0 Å². The molecule has 0 aromatic heterocycles. The van der Waals surface area contributed by atoms with Crippen molar-refractivity contribution in [2.45, 2.75) is 39.2 Å². The van der Waals surface area contributed by atoms with Crippen LogP contribution in [0.4, 0.5) is 0 Å². The van der Waals surface area contributed by atoms with E-state index in [1.54, 1.807) is 0 Å². The van der Waals surface area contributed by atoms with Gasteiger partial charge in [-0.3, -0.25) is 0 Å². The average Bonchev–Trinajstić information content (AvgIpc) is 2.11. The van der Waals surface area contributed by atoms with E-state index in [-0.39, 0.29) is 0 Å². The highest BCUT2D eigenvalue weighted by molar-refractivity contribution is 7.99. The van der Waals surface area contributed by atoms with Gasteiger partial charge in [0.05, 0.1) is 6.61 Å². The molecule has 13 heavy (non-hydrogen) atoms. The monoisotopic (exact) mass is 205 g/mol. The topological polar surface area (TPSA) is 32.3 Å². The van der Waals surface area contributed by atoms with E-state index in [0.29, 0.717) is 12.6 Å². The summed E-state index contributed by atoms with van der Waals surface area (Å²) in [5.41, 5.74) is 0. The van der Waals surface area contributed by atoms with E-state index in [1.807, 2.05) is 11.8 Å². The molecule has 0 aromatic rings. The highest BCUT2D eigenvalue weighted by Crippen LogP contribution is 2.07. The fraction of sp³-hybridized carbons (Fsp3) is 1.00. The minimum Gasteiger partial charge on any atom is -0.396 e. The van der Waals surface area contributed by atoms with Gasteiger partial charge in [0.15, 0.2) is 0 Å². The molecule has 0 rings (SSSR count). The molecule has 2 N–H and O–H groups in total. The lowest BCUT2D eigenvalue weighted by Crippen LogP contribution is -2.25. The summed E-state index contributed by atoms with van der Waals surface area (Å²) in [6, 6.07) is 0.660. The van der Waals surface area contributed by atoms with Crippen LogP contribution in [-0.2, 0) is 0 Å². The number of thioether (sulfide) groups is 1. The number of hydrogen-bond donors (Lipinski definition) is 2. The largest absolute Gasteiger partial charge is 0.396 e. The van der Waals surface area contributed by atoms with Gasteiger partial charge in [-0.1, -0.05) is 13.3 Å². The lowest BCUT2D eigenvalue weighted by atomic mass is 10.1. The highest BCUT2D eigenvalue weighted by Gasteiger charge is 1.98. The predicted molar refractivity (Wildman–Crippen MR) is 61.4 cm³/mol. The van der Waals surface area contributed by atoms with Crippen molar-refractivity contribution in [1.29, 1.82) is 0 Å². The smallest absolute Gasteiger partial charge is 0.0521 e. The Morgan fingerprint density at radius 1 is 1.31 bits per heavy atom. The Hall–Kier alpha value is 0.270. The summed E-state index contributed by atoms with van der Waals surface area (Å²) in [5, 5.41) is 12.0. The molecule has 0 aliphatic rings. The number of aliphatic hydroxyl groups excluding tert-OH is 1. The number of unbranched alkanes of at least 4 members (excludes halogenated alkanes) is 1. The Kier molecular flexibility index (Phi) is 10.6. The third-order valence-corrected chi connectivity index (χ3v) is 3.01. The van der Waals surface area contributed by atoms with E-state index in [1.165, 1.54) is 25.0 Å². The Balaban J connectivity index is 2.97. The van der Waals surface area contributed by atoms with E-state index in [0.717, 1.165) is 12.3 Å². The molecule has 0 spiro atoms. The van der Waals surface area contributed by atoms with Crippen LogP contribution in [0, 0.1) is 0 Å². The van der Waals surface area contributed by atoms with Crippen molar-refractivity contribution in [2.24, 2.45) is 0 Å². The van der Waals surface area contributed by atoms with Gasteiger partial charge in [0.1, 0.15) is 0 Å². The molecular weight excluding hydrogens is 182 g/mol. The van der Waals surface area contributed by atoms with Crippen LogP contribution in [0.15, 0.2) is 0 Å². The molecule has 0 aliphatic carbocycles. The zero-order valence-electron chi connectivity index (χ0n) is 8.88. The molecule has 0 aromatic carbocycles. The van der Waals surface area contributed by atoms with Crippen LogP contribution in [0.1, 0.15) is 33.1 Å². The van der Waals surface area contributed by atoms with Crippen LogP contribution in [0.5, 0.6) is 0 Å². The third kappa shape index (κ3) is 10.2. The normalized spacial score (nSPS) is 13.2. The van der Waals surface area contributed by atoms with Gasteiger partial charge in [0.2, 0.25) is 0 Å². The fourth-order valence-corrected chi connectivity index (χ4v) is 2.01. The summed E-state index contributed by atoms with van der Waals surface area (Å²) in [6.45, 7) is 5.77. The van der Waals surface area contributed by atoms with Crippen molar-refractivity contribution in [2.75, 3.05) is 24.7 Å². The maximum absolute atomic E-state index is 8.55. The number of hydrogen-bond acceptors (Lipinski definition) is 3. The van der Waals surface area contributed by atoms with Crippen molar-refractivity contribution in [3.8, 4) is 0 Å². The molecule has 3 heteroatoms. The molecule has 0 bridgehead atoms. The van der Waals surface area contributed by atoms with Gasteiger partial charge in [0.25, 0.3) is 0 Å². The first-order valence-electron chi connectivity index (χ1n) is 5.23. The molecule has 0 aliphatic heterocycles. The van der Waals surface area contributed by atoms with Crippen LogP contribution in [0.2, 0.25) is 0 Å². The van der Waals surface area contributed by atoms with Crippen LogP contribution >= 0.6 is 11.8 Å². The van der Waals surface area contributed by atoms with E-state index in [2.05, 4.69) is 19.2 Å². The molecule has 0 heterocycles. The van der Waals surface area contributed by atoms with Gasteiger partial charge in [-0.05, 0) is 32.1 Å². The van der Waals surface area contributed by atoms with E-state index in [4.69, 9.17) is 5.11 Å². The van der Waals surface area contributed by atoms with Crippen molar-refractivity contribution >= 4 is 11.8 Å². The van der Waals surface area contributed by atoms with Crippen LogP contribution < -0.4 is 5.32 Å². The minimum absolute atomic E-state index is 0.318. The van der Waals surface area contributed by atoms with Crippen LogP contribution in [-0.4, -0.2) is 35.8 Å². The summed E-state index contributed by atoms with van der Waals surface area (Å²) in [6.07, 6.45) is 3.85. The van der Waals surface area contributed by atoms with Gasteiger partial charge in [-0.2, -0.15) is 11.8 Å². The lowest BCUT2D eigenvalue weighted by Gasteiger charge is -2.11. The molecule has 0 amide bonds. The summed E-state index contributed by atoms with van der Waals surface area (Å²) in [4.78, 5) is 0. The lowest BCUT2D eigenvalue weighted by molar-refractivity contribution is 0.322. The molecule has 0 saturated heterocycles. The Bertz CT molecular complexity index is 101. The molecule has 2 nitrogen and oxygen atoms in total. The summed E-state index contributed by atoms with van der Waals surface area (Å²) < 4.78 is 0. The Morgan fingerprint density at radius 2 is 2.08 bits per heavy atom. The van der Waals surface area contributed by atoms with Crippen LogP contribution in [0.25, 0.3) is 0 Å². The van der Waals surface area contributed by atoms with Gasteiger partial charge in [-0.25, -0.2) is 0 Å². The second-order valence-electron chi connectivity index (χ2n) is 3.29. The molecule has 1 unspecified atom stereocenters. The first-order valence-corrected chi connectivity index (χ1v) is 6.38. The summed E-state index contributed by atoms with van der Waals surface area (Å²) >= 11 is 1.85. The molecule has 0 saturated carbocycles. The third-order valence-electron chi connectivity index (χ3n) is 1.96. The number of nitrogens with one attached hydrogen (secondary N) is 1. The molecular formula is C10H23NOS. The van der Waals surface area contributed by atoms with E-state index >= 15 is 0 Å². The Labute approximate surface area is 86.5 Å². The van der Waals surface area contributed by atoms with Crippen molar-refractivity contribution < 1.29 is 5.11 Å². The van der Waals surface area contributed by atoms with E-state index < -0.39 is 0 Å². The van der Waals surface area contributed by atoms with Gasteiger partial charge in [-0.15, -0.1) is 0 Å². The number of aliphatic hydroxyl groups is 1. The average molecular weight is 205 g/mol. The molecule has 80 valence electrons. The number of rotatable bonds is 9. The summed E-state index contributed by atoms with van der Waals surface area (Å²) in [5.74, 6) is 2.09. The quantitative estimate of drug-likeness (QED) is 0.564. The van der Waals surface area contributed by atoms with Gasteiger partial charge < -0.3 is 10.4 Å². The Morgan fingerprint density at radius 3 is 2.69 bits per heavy atom.